The van der Waals surface area contributed by atoms with E-state index in [9.17, 15) is 4.79 Å². The Kier molecular flexibility index (Phi) is 6.64. The Labute approximate surface area is 189 Å². The standard InChI is InChI=1S/C27H29N3O2/c1-18-6-11-26(29-16-18)32-24-5-3-4-22(14-24)13-20-7-9-21(10-8-20)15-25(31)23-12-19(2)27(28)30-17-23/h3-6,11-14,16-17,21H,7-10,15H2,1-2H3,(H2,28,30). The van der Waals surface area contributed by atoms with Gasteiger partial charge >= 0.3 is 0 Å². The molecule has 32 heavy (non-hydrogen) atoms. The maximum absolute atomic E-state index is 12.6. The lowest BCUT2D eigenvalue weighted by Gasteiger charge is -2.23. The highest BCUT2D eigenvalue weighted by molar-refractivity contribution is 5.96. The van der Waals surface area contributed by atoms with Crippen molar-refractivity contribution in [2.75, 3.05) is 5.73 Å². The minimum Gasteiger partial charge on any atom is -0.439 e. The van der Waals surface area contributed by atoms with Crippen LogP contribution in [-0.2, 0) is 0 Å². The van der Waals surface area contributed by atoms with Crippen LogP contribution in [0.2, 0.25) is 0 Å². The van der Waals surface area contributed by atoms with Crippen LogP contribution in [0.5, 0.6) is 11.6 Å². The lowest BCUT2D eigenvalue weighted by Crippen LogP contribution is -2.14. The summed E-state index contributed by atoms with van der Waals surface area (Å²) < 4.78 is 5.89. The number of pyridine rings is 2. The second-order valence-corrected chi connectivity index (χ2v) is 8.65. The Bertz CT molecular complexity index is 1130. The summed E-state index contributed by atoms with van der Waals surface area (Å²) in [5.74, 6) is 2.44. The molecule has 5 nitrogen and oxygen atoms in total. The van der Waals surface area contributed by atoms with Crippen molar-refractivity contribution in [1.29, 1.82) is 0 Å². The van der Waals surface area contributed by atoms with Gasteiger partial charge in [0.2, 0.25) is 5.88 Å². The van der Waals surface area contributed by atoms with Crippen LogP contribution < -0.4 is 10.5 Å². The van der Waals surface area contributed by atoms with Gasteiger partial charge in [0.15, 0.2) is 5.78 Å². The van der Waals surface area contributed by atoms with Crippen molar-refractivity contribution in [3.63, 3.8) is 0 Å². The molecule has 1 fully saturated rings. The van der Waals surface area contributed by atoms with Crippen molar-refractivity contribution in [1.82, 2.24) is 9.97 Å². The summed E-state index contributed by atoms with van der Waals surface area (Å²) in [6, 6.07) is 13.8. The molecule has 0 aliphatic heterocycles. The molecule has 0 atom stereocenters. The van der Waals surface area contributed by atoms with E-state index < -0.39 is 0 Å². The molecular formula is C27H29N3O2. The smallest absolute Gasteiger partial charge is 0.219 e. The van der Waals surface area contributed by atoms with Crippen molar-refractivity contribution < 1.29 is 9.53 Å². The van der Waals surface area contributed by atoms with Crippen molar-refractivity contribution >= 4 is 17.7 Å². The van der Waals surface area contributed by atoms with Gasteiger partial charge < -0.3 is 10.5 Å². The Balaban J connectivity index is 1.33. The zero-order chi connectivity index (χ0) is 22.5. The van der Waals surface area contributed by atoms with Crippen LogP contribution in [0.1, 0.15) is 59.2 Å². The summed E-state index contributed by atoms with van der Waals surface area (Å²) in [4.78, 5) is 21.1. The Hall–Kier alpha value is -3.47. The molecule has 3 aromatic rings. The number of aromatic nitrogens is 2. The Morgan fingerprint density at radius 2 is 1.91 bits per heavy atom. The maximum atomic E-state index is 12.6. The van der Waals surface area contributed by atoms with E-state index in [1.165, 1.54) is 5.57 Å². The molecule has 1 aliphatic rings. The Morgan fingerprint density at radius 1 is 1.09 bits per heavy atom. The van der Waals surface area contributed by atoms with Gasteiger partial charge in [0, 0.05) is 30.4 Å². The van der Waals surface area contributed by atoms with E-state index in [4.69, 9.17) is 10.5 Å². The highest BCUT2D eigenvalue weighted by Gasteiger charge is 2.20. The average Bonchev–Trinajstić information content (AvgIpc) is 2.79. The molecule has 1 aromatic carbocycles. The van der Waals surface area contributed by atoms with E-state index in [0.717, 1.165) is 48.1 Å². The first-order valence-electron chi connectivity index (χ1n) is 11.1. The van der Waals surface area contributed by atoms with Gasteiger partial charge in [-0.3, -0.25) is 4.79 Å². The second kappa shape index (κ2) is 9.77. The molecule has 1 saturated carbocycles. The number of ketones is 1. The number of anilines is 1. The number of carbonyl (C=O) groups is 1. The topological polar surface area (TPSA) is 78.1 Å². The third kappa shape index (κ3) is 5.61. The summed E-state index contributed by atoms with van der Waals surface area (Å²) in [6.45, 7) is 3.89. The number of nitrogens with two attached hydrogens (primary N) is 1. The van der Waals surface area contributed by atoms with Gasteiger partial charge in [0.05, 0.1) is 0 Å². The van der Waals surface area contributed by atoms with Gasteiger partial charge in [0.25, 0.3) is 0 Å². The van der Waals surface area contributed by atoms with Gasteiger partial charge in [-0.25, -0.2) is 9.97 Å². The molecule has 0 radical (unpaired) electrons. The molecule has 2 N–H and O–H groups in total. The number of ether oxygens (including phenoxy) is 1. The molecule has 2 heterocycles. The predicted molar refractivity (Wildman–Crippen MR) is 128 cm³/mol. The summed E-state index contributed by atoms with van der Waals surface area (Å²) in [6.07, 6.45) is 10.3. The molecule has 0 saturated heterocycles. The summed E-state index contributed by atoms with van der Waals surface area (Å²) in [5.41, 5.74) is 10.9. The molecule has 0 unspecified atom stereocenters. The van der Waals surface area contributed by atoms with E-state index in [-0.39, 0.29) is 5.78 Å². The molecule has 4 rings (SSSR count). The van der Waals surface area contributed by atoms with Crippen LogP contribution in [0.3, 0.4) is 0 Å². The van der Waals surface area contributed by atoms with Crippen LogP contribution in [0.15, 0.2) is 60.4 Å². The molecule has 0 amide bonds. The fourth-order valence-corrected chi connectivity index (χ4v) is 4.05. The number of allylic oxidation sites excluding steroid dienone is 1. The lowest BCUT2D eigenvalue weighted by molar-refractivity contribution is 0.0953. The van der Waals surface area contributed by atoms with E-state index >= 15 is 0 Å². The van der Waals surface area contributed by atoms with Gasteiger partial charge in [-0.05, 0) is 80.3 Å². The summed E-state index contributed by atoms with van der Waals surface area (Å²) >= 11 is 0. The van der Waals surface area contributed by atoms with Crippen LogP contribution in [-0.4, -0.2) is 15.8 Å². The minimum atomic E-state index is 0.160. The molecule has 0 spiro atoms. The van der Waals surface area contributed by atoms with Crippen molar-refractivity contribution in [3.8, 4) is 11.6 Å². The van der Waals surface area contributed by atoms with E-state index in [1.54, 1.807) is 12.4 Å². The molecule has 0 bridgehead atoms. The van der Waals surface area contributed by atoms with Crippen molar-refractivity contribution in [3.05, 3.63) is 82.7 Å². The number of nitrogens with zero attached hydrogens (tertiary/aromatic N) is 2. The fraction of sp³-hybridized carbons (Fsp3) is 0.296. The first-order valence-corrected chi connectivity index (χ1v) is 11.1. The number of Topliss-reactive ketones (excluding diaryl/α,β-unsaturated/α-hetero) is 1. The summed E-state index contributed by atoms with van der Waals surface area (Å²) in [5, 5.41) is 0. The molecule has 2 aromatic heterocycles. The third-order valence-electron chi connectivity index (χ3n) is 6.00. The molecular weight excluding hydrogens is 398 g/mol. The Morgan fingerprint density at radius 3 is 2.62 bits per heavy atom. The SMILES string of the molecule is Cc1ccc(Oc2cccc(C=C3CCC(CC(=O)c4cnc(N)c(C)c4)CC3)c2)nc1. The van der Waals surface area contributed by atoms with E-state index in [0.29, 0.717) is 29.6 Å². The fourth-order valence-electron chi connectivity index (χ4n) is 4.05. The number of benzene rings is 1. The van der Waals surface area contributed by atoms with Crippen LogP contribution in [0.4, 0.5) is 5.82 Å². The van der Waals surface area contributed by atoms with Crippen molar-refractivity contribution in [2.45, 2.75) is 46.0 Å². The monoisotopic (exact) mass is 427 g/mol. The minimum absolute atomic E-state index is 0.160. The van der Waals surface area contributed by atoms with Gasteiger partial charge in [-0.2, -0.15) is 0 Å². The highest BCUT2D eigenvalue weighted by Crippen LogP contribution is 2.33. The van der Waals surface area contributed by atoms with Crippen LogP contribution >= 0.6 is 0 Å². The van der Waals surface area contributed by atoms with Gasteiger partial charge in [-0.1, -0.05) is 29.8 Å². The number of hydrogen-bond donors (Lipinski definition) is 1. The van der Waals surface area contributed by atoms with Gasteiger partial charge in [-0.15, -0.1) is 0 Å². The zero-order valence-corrected chi connectivity index (χ0v) is 18.7. The number of hydrogen-bond acceptors (Lipinski definition) is 5. The first-order chi connectivity index (χ1) is 15.5. The van der Waals surface area contributed by atoms with Crippen LogP contribution in [0.25, 0.3) is 6.08 Å². The second-order valence-electron chi connectivity index (χ2n) is 8.65. The number of carbonyl (C=O) groups excluding carboxylic acids is 1. The predicted octanol–water partition coefficient (Wildman–Crippen LogP) is 6.31. The third-order valence-corrected chi connectivity index (χ3v) is 6.00. The highest BCUT2D eigenvalue weighted by atomic mass is 16.5. The van der Waals surface area contributed by atoms with E-state index in [1.807, 2.05) is 50.2 Å². The lowest BCUT2D eigenvalue weighted by atomic mass is 9.82. The molecule has 5 heteroatoms. The normalized spacial score (nSPS) is 15.9. The van der Waals surface area contributed by atoms with E-state index in [2.05, 4.69) is 22.1 Å². The maximum Gasteiger partial charge on any atom is 0.219 e. The molecule has 1 aliphatic carbocycles. The largest absolute Gasteiger partial charge is 0.439 e. The zero-order valence-electron chi connectivity index (χ0n) is 18.7. The van der Waals surface area contributed by atoms with Crippen molar-refractivity contribution in [2.24, 2.45) is 5.92 Å². The van der Waals surface area contributed by atoms with Gasteiger partial charge in [0.1, 0.15) is 11.6 Å². The quantitative estimate of drug-likeness (QED) is 0.466. The number of nitrogen functional groups attached to an aromatic ring is 1. The number of aryl methyl sites for hydroxylation is 2. The summed E-state index contributed by atoms with van der Waals surface area (Å²) in [7, 11) is 0. The van der Waals surface area contributed by atoms with Crippen LogP contribution in [0, 0.1) is 19.8 Å². The average molecular weight is 428 g/mol. The first kappa shape index (κ1) is 21.8. The molecule has 164 valence electrons. The number of rotatable bonds is 6.